The Bertz CT molecular complexity index is 930. The van der Waals surface area contributed by atoms with Gasteiger partial charge in [0.05, 0.1) is 5.56 Å². The fraction of sp³-hybridized carbons (Fsp3) is 0.235. The molecule has 0 spiro atoms. The molecule has 1 aliphatic rings. The van der Waals surface area contributed by atoms with E-state index in [0.717, 1.165) is 5.76 Å². The number of hydrogen-bond donors (Lipinski definition) is 1. The molecular weight excluding hydrogens is 326 g/mol. The molecule has 1 amide bonds. The molecule has 0 bridgehead atoms. The van der Waals surface area contributed by atoms with E-state index in [1.807, 2.05) is 19.1 Å². The average molecular weight is 341 g/mol. The van der Waals surface area contributed by atoms with Crippen LogP contribution in [0.15, 0.2) is 39.2 Å². The Kier molecular flexibility index (Phi) is 3.64. The predicted molar refractivity (Wildman–Crippen MR) is 86.5 cm³/mol. The second-order valence-electron chi connectivity index (χ2n) is 5.59. The van der Waals surface area contributed by atoms with Gasteiger partial charge < -0.3 is 18.3 Å². The minimum atomic E-state index is -0.803. The Morgan fingerprint density at radius 3 is 2.72 bits per heavy atom. The molecule has 1 unspecified atom stereocenters. The van der Waals surface area contributed by atoms with Crippen LogP contribution in [0.3, 0.4) is 0 Å². The van der Waals surface area contributed by atoms with Crippen LogP contribution >= 0.6 is 0 Å². The lowest BCUT2D eigenvalue weighted by Crippen LogP contribution is -2.40. The molecule has 3 aromatic rings. The maximum atomic E-state index is 12.3. The number of carbonyl (C=O) groups is 1. The smallest absolute Gasteiger partial charge is 0.322 e. The molecule has 1 N–H and O–H groups in total. The lowest BCUT2D eigenvalue weighted by atomic mass is 10.2. The molecule has 0 aliphatic carbocycles. The number of para-hydroxylation sites is 2. The highest BCUT2D eigenvalue weighted by molar-refractivity contribution is 5.93. The van der Waals surface area contributed by atoms with E-state index in [1.54, 1.807) is 25.1 Å². The number of ether oxygens (including phenoxy) is 2. The van der Waals surface area contributed by atoms with Crippen molar-refractivity contribution >= 4 is 11.9 Å². The predicted octanol–water partition coefficient (Wildman–Crippen LogP) is 2.72. The summed E-state index contributed by atoms with van der Waals surface area (Å²) >= 11 is 0. The first-order valence-corrected chi connectivity index (χ1v) is 7.70. The molecule has 1 aromatic carbocycles. The maximum absolute atomic E-state index is 12.3. The van der Waals surface area contributed by atoms with Gasteiger partial charge in [0.25, 0.3) is 11.8 Å². The first-order chi connectivity index (χ1) is 12.1. The van der Waals surface area contributed by atoms with Crippen LogP contribution < -0.4 is 14.8 Å². The van der Waals surface area contributed by atoms with Gasteiger partial charge in [0.1, 0.15) is 18.1 Å². The standard InChI is InChI=1S/C17H15N3O5/c1-9-7-11(10(2)23-9)16-19-20-17(25-16)18-15(21)14-8-22-12-5-3-4-6-13(12)24-14/h3-7,14H,8H2,1-2H3,(H,18,20,21). The molecule has 0 radical (unpaired) electrons. The van der Waals surface area contributed by atoms with Crippen molar-refractivity contribution in [2.24, 2.45) is 0 Å². The van der Waals surface area contributed by atoms with Crippen molar-refractivity contribution in [2.45, 2.75) is 20.0 Å². The summed E-state index contributed by atoms with van der Waals surface area (Å²) in [6.07, 6.45) is -0.803. The second kappa shape index (κ2) is 5.97. The summed E-state index contributed by atoms with van der Waals surface area (Å²) in [6, 6.07) is 8.95. The Balaban J connectivity index is 1.46. The minimum Gasteiger partial charge on any atom is -0.485 e. The third kappa shape index (κ3) is 2.93. The molecule has 0 fully saturated rings. The molecule has 128 valence electrons. The zero-order chi connectivity index (χ0) is 17.4. The zero-order valence-electron chi connectivity index (χ0n) is 13.6. The molecule has 0 saturated heterocycles. The van der Waals surface area contributed by atoms with Gasteiger partial charge in [0.2, 0.25) is 6.10 Å². The van der Waals surface area contributed by atoms with Gasteiger partial charge in [0.15, 0.2) is 11.5 Å². The molecule has 25 heavy (non-hydrogen) atoms. The number of anilines is 1. The van der Waals surface area contributed by atoms with E-state index < -0.39 is 12.0 Å². The molecule has 3 heterocycles. The van der Waals surface area contributed by atoms with Crippen LogP contribution in [0.25, 0.3) is 11.5 Å². The number of benzene rings is 1. The summed E-state index contributed by atoms with van der Waals surface area (Å²) in [5.41, 5.74) is 0.691. The average Bonchev–Trinajstić information content (AvgIpc) is 3.20. The zero-order valence-corrected chi connectivity index (χ0v) is 13.6. The fourth-order valence-electron chi connectivity index (χ4n) is 2.56. The van der Waals surface area contributed by atoms with Gasteiger partial charge in [-0.3, -0.25) is 10.1 Å². The normalized spacial score (nSPS) is 15.8. The maximum Gasteiger partial charge on any atom is 0.322 e. The number of hydrogen-bond acceptors (Lipinski definition) is 7. The number of amides is 1. The van der Waals surface area contributed by atoms with E-state index >= 15 is 0 Å². The molecule has 1 aliphatic heterocycles. The molecular formula is C17H15N3O5. The lowest BCUT2D eigenvalue weighted by Gasteiger charge is -2.24. The van der Waals surface area contributed by atoms with Gasteiger partial charge in [-0.25, -0.2) is 0 Å². The van der Waals surface area contributed by atoms with Crippen LogP contribution in [-0.4, -0.2) is 28.8 Å². The van der Waals surface area contributed by atoms with Crippen molar-refractivity contribution in [1.82, 2.24) is 10.2 Å². The molecule has 0 saturated carbocycles. The van der Waals surface area contributed by atoms with E-state index in [4.69, 9.17) is 18.3 Å². The van der Waals surface area contributed by atoms with Crippen LogP contribution in [0.2, 0.25) is 0 Å². The Morgan fingerprint density at radius 1 is 1.16 bits per heavy atom. The minimum absolute atomic E-state index is 0.0132. The van der Waals surface area contributed by atoms with Crippen molar-refractivity contribution < 1.29 is 23.1 Å². The van der Waals surface area contributed by atoms with Gasteiger partial charge in [0, 0.05) is 0 Å². The van der Waals surface area contributed by atoms with Crippen LogP contribution in [-0.2, 0) is 4.79 Å². The van der Waals surface area contributed by atoms with E-state index in [2.05, 4.69) is 15.5 Å². The number of fused-ring (bicyclic) bond motifs is 1. The summed E-state index contributed by atoms with van der Waals surface area (Å²) < 4.78 is 22.1. The van der Waals surface area contributed by atoms with Crippen molar-refractivity contribution in [1.29, 1.82) is 0 Å². The molecule has 2 aromatic heterocycles. The second-order valence-corrected chi connectivity index (χ2v) is 5.59. The summed E-state index contributed by atoms with van der Waals surface area (Å²) in [6.45, 7) is 3.73. The van der Waals surface area contributed by atoms with Gasteiger partial charge in [-0.1, -0.05) is 17.2 Å². The highest BCUT2D eigenvalue weighted by Crippen LogP contribution is 2.31. The van der Waals surface area contributed by atoms with E-state index in [9.17, 15) is 4.79 Å². The molecule has 8 nitrogen and oxygen atoms in total. The number of rotatable bonds is 3. The number of carbonyl (C=O) groups excluding carboxylic acids is 1. The van der Waals surface area contributed by atoms with Crippen LogP contribution in [0, 0.1) is 13.8 Å². The first-order valence-electron chi connectivity index (χ1n) is 7.70. The molecule has 4 rings (SSSR count). The van der Waals surface area contributed by atoms with Crippen LogP contribution in [0.4, 0.5) is 6.01 Å². The lowest BCUT2D eigenvalue weighted by molar-refractivity contribution is -0.125. The topological polar surface area (TPSA) is 99.6 Å². The van der Waals surface area contributed by atoms with E-state index in [-0.39, 0.29) is 18.5 Å². The van der Waals surface area contributed by atoms with Crippen molar-refractivity contribution in [2.75, 3.05) is 11.9 Å². The van der Waals surface area contributed by atoms with E-state index in [0.29, 0.717) is 22.8 Å². The number of aryl methyl sites for hydroxylation is 2. The molecule has 8 heteroatoms. The van der Waals surface area contributed by atoms with E-state index in [1.165, 1.54) is 0 Å². The van der Waals surface area contributed by atoms with Crippen molar-refractivity contribution in [3.63, 3.8) is 0 Å². The van der Waals surface area contributed by atoms with Gasteiger partial charge in [-0.2, -0.15) is 0 Å². The molecule has 1 atom stereocenters. The summed E-state index contributed by atoms with van der Waals surface area (Å²) in [5.74, 6) is 2.38. The monoisotopic (exact) mass is 341 g/mol. The highest BCUT2D eigenvalue weighted by atomic mass is 16.6. The highest BCUT2D eigenvalue weighted by Gasteiger charge is 2.28. The largest absolute Gasteiger partial charge is 0.485 e. The number of nitrogens with one attached hydrogen (secondary N) is 1. The summed E-state index contributed by atoms with van der Waals surface area (Å²) in [5, 5.41) is 10.3. The Hall–Kier alpha value is -3.29. The summed E-state index contributed by atoms with van der Waals surface area (Å²) in [4.78, 5) is 12.3. The third-order valence-electron chi connectivity index (χ3n) is 3.73. The number of furan rings is 1. The first kappa shape index (κ1) is 15.3. The van der Waals surface area contributed by atoms with Crippen LogP contribution in [0.5, 0.6) is 11.5 Å². The van der Waals surface area contributed by atoms with Crippen molar-refractivity contribution in [3.05, 3.63) is 41.9 Å². The quantitative estimate of drug-likeness (QED) is 0.782. The van der Waals surface area contributed by atoms with Gasteiger partial charge in [-0.05, 0) is 32.0 Å². The SMILES string of the molecule is Cc1cc(-c2nnc(NC(=O)C3COc4ccccc4O3)o2)c(C)o1. The van der Waals surface area contributed by atoms with Gasteiger partial charge in [-0.15, -0.1) is 5.10 Å². The van der Waals surface area contributed by atoms with Crippen molar-refractivity contribution in [3.8, 4) is 23.0 Å². The third-order valence-corrected chi connectivity index (χ3v) is 3.73. The number of aromatic nitrogens is 2. The summed E-state index contributed by atoms with van der Waals surface area (Å²) in [7, 11) is 0. The number of nitrogens with zero attached hydrogens (tertiary/aromatic N) is 2. The Labute approximate surface area is 142 Å². The van der Waals surface area contributed by atoms with Gasteiger partial charge >= 0.3 is 6.01 Å². The Morgan fingerprint density at radius 2 is 1.96 bits per heavy atom. The van der Waals surface area contributed by atoms with Crippen LogP contribution in [0.1, 0.15) is 11.5 Å². The fourth-order valence-corrected chi connectivity index (χ4v) is 2.56.